The van der Waals surface area contributed by atoms with Crippen LogP contribution in [0.5, 0.6) is 5.75 Å². The second kappa shape index (κ2) is 14.2. The van der Waals surface area contributed by atoms with Gasteiger partial charge in [0, 0.05) is 30.2 Å². The molecular weight excluding hydrogens is 583 g/mol. The van der Waals surface area contributed by atoms with Crippen molar-refractivity contribution in [2.24, 2.45) is 11.8 Å². The number of benzene rings is 3. The number of anilines is 1. The molecule has 2 aromatic heterocycles. The number of fused-ring (bicyclic) bond motifs is 1. The summed E-state index contributed by atoms with van der Waals surface area (Å²) in [6.07, 6.45) is 4.77. The lowest BCUT2D eigenvalue weighted by molar-refractivity contribution is 0.0916. The molecule has 0 aliphatic carbocycles. The Kier molecular flexibility index (Phi) is 9.65. The summed E-state index contributed by atoms with van der Waals surface area (Å²) in [6, 6.07) is 19.5. The number of piperidine rings is 1. The molecule has 0 spiro atoms. The van der Waals surface area contributed by atoms with Crippen LogP contribution in [-0.2, 0) is 6.42 Å². The molecule has 238 valence electrons. The molecule has 10 heteroatoms. The van der Waals surface area contributed by atoms with E-state index in [-0.39, 0.29) is 29.9 Å². The minimum Gasteiger partial charge on any atom is -0.492 e. The van der Waals surface area contributed by atoms with Crippen molar-refractivity contribution in [2.45, 2.75) is 32.6 Å². The molecule has 1 saturated heterocycles. The number of H-pyrrole nitrogens is 1. The number of aromatic nitrogens is 4. The van der Waals surface area contributed by atoms with Crippen molar-refractivity contribution in [1.82, 2.24) is 24.8 Å². The Morgan fingerprint density at radius 2 is 1.93 bits per heavy atom. The molecule has 9 nitrogen and oxygen atoms in total. The highest BCUT2D eigenvalue weighted by Crippen LogP contribution is 2.29. The Hall–Kier alpha value is -4.67. The SMILES string of the molecule is CCC(Cc1cccc(F)c1)C(=O)c1ccc2nc(-c3nc(-c4cccc(OCCN5CCC(CO)CC5)c4)cnc3N)[nH]c2c1. The van der Waals surface area contributed by atoms with Crippen LogP contribution in [0, 0.1) is 17.7 Å². The number of aromatic amines is 1. The molecule has 46 heavy (non-hydrogen) atoms. The first-order valence-corrected chi connectivity index (χ1v) is 15.9. The summed E-state index contributed by atoms with van der Waals surface area (Å²) in [6.45, 7) is 5.60. The number of carbonyl (C=O) groups excluding carboxylic acids is 1. The van der Waals surface area contributed by atoms with Gasteiger partial charge in [-0.15, -0.1) is 0 Å². The Bertz CT molecular complexity index is 1820. The van der Waals surface area contributed by atoms with Crippen molar-refractivity contribution in [3.63, 3.8) is 0 Å². The molecule has 0 saturated carbocycles. The Morgan fingerprint density at radius 3 is 2.72 bits per heavy atom. The highest BCUT2D eigenvalue weighted by Gasteiger charge is 2.21. The number of ether oxygens (including phenoxy) is 1. The van der Waals surface area contributed by atoms with Gasteiger partial charge in [0.1, 0.15) is 23.9 Å². The predicted molar refractivity (Wildman–Crippen MR) is 177 cm³/mol. The van der Waals surface area contributed by atoms with Gasteiger partial charge in [-0.3, -0.25) is 9.69 Å². The number of Topliss-reactive ketones (excluding diaryl/α,β-unsaturated/α-hetero) is 1. The van der Waals surface area contributed by atoms with Gasteiger partial charge < -0.3 is 20.6 Å². The van der Waals surface area contributed by atoms with Crippen molar-refractivity contribution in [2.75, 3.05) is 38.6 Å². The minimum atomic E-state index is -0.305. The van der Waals surface area contributed by atoms with Gasteiger partial charge in [-0.05, 0) is 92.7 Å². The molecule has 3 heterocycles. The molecule has 1 aliphatic rings. The molecule has 0 amide bonds. The van der Waals surface area contributed by atoms with Crippen molar-refractivity contribution < 1.29 is 19.0 Å². The van der Waals surface area contributed by atoms with E-state index in [1.165, 1.54) is 12.1 Å². The van der Waals surface area contributed by atoms with Crippen molar-refractivity contribution >= 4 is 22.6 Å². The Labute approximate surface area is 267 Å². The summed E-state index contributed by atoms with van der Waals surface area (Å²) in [4.78, 5) is 33.0. The van der Waals surface area contributed by atoms with Gasteiger partial charge in [0.15, 0.2) is 17.4 Å². The highest BCUT2D eigenvalue weighted by molar-refractivity contribution is 6.00. The number of rotatable bonds is 12. The van der Waals surface area contributed by atoms with Crippen LogP contribution in [-0.4, -0.2) is 68.6 Å². The number of nitrogens with two attached hydrogens (primary N) is 1. The molecule has 1 aliphatic heterocycles. The number of nitrogen functional groups attached to an aromatic ring is 1. The molecule has 3 aromatic carbocycles. The second-order valence-corrected chi connectivity index (χ2v) is 12.0. The topological polar surface area (TPSA) is 130 Å². The standard InChI is InChI=1S/C36H39FN6O3/c1-2-25(17-24-5-3-7-28(37)18-24)34(45)27-9-10-30-31(20-27)42-36(41-30)33-35(38)39-21-32(40-33)26-6-4-8-29(19-26)46-16-15-43-13-11-23(22-44)12-14-43/h3-10,18-21,23,25,44H,2,11-17,22H2,1H3,(H2,38,39)(H,41,42). The van der Waals surface area contributed by atoms with Gasteiger partial charge in [0.2, 0.25) is 0 Å². The number of likely N-dealkylation sites (tertiary alicyclic amines) is 1. The summed E-state index contributed by atoms with van der Waals surface area (Å²) in [5.41, 5.74) is 10.9. The zero-order valence-electron chi connectivity index (χ0n) is 26.0. The first-order chi connectivity index (χ1) is 22.4. The third-order valence-corrected chi connectivity index (χ3v) is 8.80. The van der Waals surface area contributed by atoms with E-state index >= 15 is 0 Å². The normalized spacial score (nSPS) is 14.8. The van der Waals surface area contributed by atoms with Crippen LogP contribution in [0.1, 0.15) is 42.1 Å². The third-order valence-electron chi connectivity index (χ3n) is 8.80. The summed E-state index contributed by atoms with van der Waals surface area (Å²) >= 11 is 0. The van der Waals surface area contributed by atoms with Gasteiger partial charge in [0.05, 0.1) is 22.9 Å². The highest BCUT2D eigenvalue weighted by atomic mass is 19.1. The van der Waals surface area contributed by atoms with Crippen molar-refractivity contribution in [1.29, 1.82) is 0 Å². The van der Waals surface area contributed by atoms with Crippen LogP contribution in [0.4, 0.5) is 10.2 Å². The van der Waals surface area contributed by atoms with E-state index in [4.69, 9.17) is 20.4 Å². The van der Waals surface area contributed by atoms with Crippen LogP contribution in [0.3, 0.4) is 0 Å². The van der Waals surface area contributed by atoms with Gasteiger partial charge in [-0.25, -0.2) is 19.3 Å². The number of nitrogens with zero attached hydrogens (tertiary/aromatic N) is 4. The van der Waals surface area contributed by atoms with E-state index in [1.54, 1.807) is 30.5 Å². The largest absolute Gasteiger partial charge is 0.492 e. The maximum atomic E-state index is 13.7. The number of aliphatic hydroxyl groups excluding tert-OH is 1. The number of halogens is 1. The van der Waals surface area contributed by atoms with Gasteiger partial charge in [-0.2, -0.15) is 0 Å². The molecule has 5 aromatic rings. The number of ketones is 1. The van der Waals surface area contributed by atoms with Gasteiger partial charge >= 0.3 is 0 Å². The van der Waals surface area contributed by atoms with Crippen LogP contribution in [0.2, 0.25) is 0 Å². The van der Waals surface area contributed by atoms with E-state index in [2.05, 4.69) is 14.9 Å². The van der Waals surface area contributed by atoms with E-state index in [0.29, 0.717) is 59.2 Å². The quantitative estimate of drug-likeness (QED) is 0.146. The average molecular weight is 623 g/mol. The van der Waals surface area contributed by atoms with Crippen LogP contribution in [0.25, 0.3) is 33.8 Å². The number of hydrogen-bond donors (Lipinski definition) is 3. The maximum absolute atomic E-state index is 13.7. The fourth-order valence-corrected chi connectivity index (χ4v) is 6.02. The summed E-state index contributed by atoms with van der Waals surface area (Å²) < 4.78 is 19.8. The summed E-state index contributed by atoms with van der Waals surface area (Å²) in [7, 11) is 0. The van der Waals surface area contributed by atoms with Crippen molar-refractivity contribution in [3.8, 4) is 28.5 Å². The van der Waals surface area contributed by atoms with Gasteiger partial charge in [0.25, 0.3) is 0 Å². The van der Waals surface area contributed by atoms with Gasteiger partial charge in [-0.1, -0.05) is 31.2 Å². The van der Waals surface area contributed by atoms with E-state index < -0.39 is 0 Å². The van der Waals surface area contributed by atoms with Crippen LogP contribution < -0.4 is 10.5 Å². The Balaban J connectivity index is 1.16. The number of carbonyl (C=O) groups is 1. The molecule has 1 fully saturated rings. The number of hydrogen-bond acceptors (Lipinski definition) is 8. The Morgan fingerprint density at radius 1 is 1.11 bits per heavy atom. The van der Waals surface area contributed by atoms with Crippen LogP contribution >= 0.6 is 0 Å². The average Bonchev–Trinajstić information content (AvgIpc) is 3.51. The molecule has 0 radical (unpaired) electrons. The molecule has 1 atom stereocenters. The zero-order chi connectivity index (χ0) is 32.0. The smallest absolute Gasteiger partial charge is 0.166 e. The summed E-state index contributed by atoms with van der Waals surface area (Å²) in [5.74, 6) is 1.27. The monoisotopic (exact) mass is 622 g/mol. The molecule has 0 bridgehead atoms. The van der Waals surface area contributed by atoms with Crippen LogP contribution in [0.15, 0.2) is 72.9 Å². The zero-order valence-corrected chi connectivity index (χ0v) is 26.0. The first-order valence-electron chi connectivity index (χ1n) is 15.9. The van der Waals surface area contributed by atoms with E-state index in [9.17, 15) is 14.3 Å². The fourth-order valence-electron chi connectivity index (χ4n) is 6.02. The lowest BCUT2D eigenvalue weighted by Crippen LogP contribution is -2.37. The third kappa shape index (κ3) is 7.24. The lowest BCUT2D eigenvalue weighted by atomic mass is 9.89. The number of aliphatic hydroxyl groups is 1. The van der Waals surface area contributed by atoms with E-state index in [1.807, 2.05) is 37.3 Å². The second-order valence-electron chi connectivity index (χ2n) is 12.0. The molecular formula is C36H39FN6O3. The lowest BCUT2D eigenvalue weighted by Gasteiger charge is -2.30. The summed E-state index contributed by atoms with van der Waals surface area (Å²) in [5, 5.41) is 9.36. The fraction of sp³-hybridized carbons (Fsp3) is 0.333. The minimum absolute atomic E-state index is 0.000482. The maximum Gasteiger partial charge on any atom is 0.166 e. The molecule has 6 rings (SSSR count). The predicted octanol–water partition coefficient (Wildman–Crippen LogP) is 5.94. The van der Waals surface area contributed by atoms with Crippen molar-refractivity contribution in [3.05, 3.63) is 89.9 Å². The molecule has 4 N–H and O–H groups in total. The number of imidazole rings is 1. The molecule has 1 unspecified atom stereocenters. The number of nitrogens with one attached hydrogen (secondary N) is 1. The first kappa shape index (κ1) is 31.3. The van der Waals surface area contributed by atoms with E-state index in [0.717, 1.165) is 49.4 Å².